The average Bonchev–Trinajstić information content (AvgIpc) is 4.14. The van der Waals surface area contributed by atoms with Crippen LogP contribution in [0.25, 0.3) is 6.08 Å². The van der Waals surface area contributed by atoms with Crippen LogP contribution < -0.4 is 4.90 Å². The van der Waals surface area contributed by atoms with Crippen molar-refractivity contribution in [2.45, 2.75) is 42.6 Å². The number of amides is 1. The van der Waals surface area contributed by atoms with Crippen molar-refractivity contribution in [2.75, 3.05) is 30.5 Å². The van der Waals surface area contributed by atoms with Crippen molar-refractivity contribution in [3.05, 3.63) is 196 Å². The Morgan fingerprint density at radius 1 is 0.884 bits per heavy atom. The van der Waals surface area contributed by atoms with E-state index in [0.29, 0.717) is 45.7 Å². The SMILES string of the molecule is CC1=CC(c2ccc[nH]2)=[N+]2C1=Cc1ccc(CCC(=O)CC3C(=O)N4C(C(=O)OC(c5ccccc5)c5ccccc5)=C(CSc5ccc(N=Nc6ccc(N(C)C)cc6)cc5)CSC34)n1[B-]2(F)F. The van der Waals surface area contributed by atoms with Crippen molar-refractivity contribution in [1.82, 2.24) is 14.4 Å². The van der Waals surface area contributed by atoms with Crippen LogP contribution in [0.2, 0.25) is 0 Å². The summed E-state index contributed by atoms with van der Waals surface area (Å²) in [5, 5.41) is 8.32. The first-order chi connectivity index (χ1) is 33.4. The minimum atomic E-state index is -4.29. The minimum absolute atomic E-state index is 0.0235. The number of rotatable bonds is 16. The van der Waals surface area contributed by atoms with Crippen LogP contribution in [0.3, 0.4) is 0 Å². The van der Waals surface area contributed by atoms with Crippen molar-refractivity contribution in [2.24, 2.45) is 16.1 Å². The molecule has 0 spiro atoms. The van der Waals surface area contributed by atoms with Crippen molar-refractivity contribution in [3.63, 3.8) is 0 Å². The molecule has 4 aromatic carbocycles. The maximum Gasteiger partial charge on any atom is 0.737 e. The van der Waals surface area contributed by atoms with E-state index in [9.17, 15) is 14.4 Å². The Bertz CT molecular complexity index is 3060. The Hall–Kier alpha value is -7.04. The molecular formula is C53H48BF2N7O4S2. The minimum Gasteiger partial charge on any atom is -0.448 e. The topological polar surface area (TPSA) is 115 Å². The number of fused-ring (bicyclic) bond motifs is 3. The maximum absolute atomic E-state index is 16.6. The van der Waals surface area contributed by atoms with Gasteiger partial charge in [0.15, 0.2) is 17.5 Å². The predicted molar refractivity (Wildman–Crippen MR) is 269 cm³/mol. The Morgan fingerprint density at radius 3 is 2.19 bits per heavy atom. The third kappa shape index (κ3) is 9.06. The standard InChI is InChI=1S/C53H48BF2N7O4S2/c1-34-29-48(46-15-10-28-57-46)63-47(34)30-42-23-22-41(62(42)54(63,55)56)24-25-43(64)31-45-51(65)61-49(53(66)67-50(35-11-6-4-7-12-35)36-13-8-5-9-14-36)37(33-69-52(45)61)32-68-44-26-18-39(19-27-44)59-58-38-16-20-40(21-17-38)60(2)3/h4-23,26-30,45,50,52,57H,24-25,31-33H2,1-3H3. The molecule has 11 nitrogen and oxygen atoms in total. The van der Waals surface area contributed by atoms with Crippen molar-refractivity contribution < 1.29 is 32.2 Å². The smallest absolute Gasteiger partial charge is 0.448 e. The zero-order chi connectivity index (χ0) is 47.8. The molecule has 1 N–H and O–H groups in total. The zero-order valence-electron chi connectivity index (χ0n) is 38.2. The number of azo groups is 1. The number of aryl methyl sites for hydroxylation is 1. The Kier molecular flexibility index (Phi) is 12.7. The highest BCUT2D eigenvalue weighted by Crippen LogP contribution is 2.47. The number of β-lactam (4-membered cyclic amide) rings is 1. The highest BCUT2D eigenvalue weighted by Gasteiger charge is 2.55. The number of nitrogens with one attached hydrogen (secondary N) is 1. The maximum atomic E-state index is 16.6. The van der Waals surface area contributed by atoms with Crippen LogP contribution in [0.15, 0.2) is 183 Å². The van der Waals surface area contributed by atoms with Gasteiger partial charge in [-0.3, -0.25) is 14.5 Å². The molecule has 6 aromatic rings. The molecule has 16 heteroatoms. The second kappa shape index (κ2) is 19.2. The molecule has 0 aliphatic carbocycles. The van der Waals surface area contributed by atoms with E-state index in [1.807, 2.05) is 135 Å². The van der Waals surface area contributed by atoms with Gasteiger partial charge in [-0.2, -0.15) is 10.2 Å². The number of esters is 1. The number of aromatic nitrogens is 2. The molecule has 0 saturated carbocycles. The van der Waals surface area contributed by atoms with Gasteiger partial charge in [-0.15, -0.1) is 23.5 Å². The number of ketones is 1. The molecular weight excluding hydrogens is 912 g/mol. The molecule has 4 aliphatic rings. The number of ether oxygens (including phenoxy) is 1. The Morgan fingerprint density at radius 2 is 1.55 bits per heavy atom. The van der Waals surface area contributed by atoms with Gasteiger partial charge in [-0.25, -0.2) is 4.79 Å². The average molecular weight is 960 g/mol. The van der Waals surface area contributed by atoms with E-state index in [0.717, 1.165) is 47.5 Å². The molecule has 2 atom stereocenters. The number of carbonyl (C=O) groups is 3. The van der Waals surface area contributed by atoms with E-state index in [2.05, 4.69) is 15.2 Å². The lowest BCUT2D eigenvalue weighted by molar-refractivity contribution is -0.362. The van der Waals surface area contributed by atoms with Crippen LogP contribution >= 0.6 is 23.5 Å². The van der Waals surface area contributed by atoms with Crippen molar-refractivity contribution in [3.8, 4) is 0 Å². The summed E-state index contributed by atoms with van der Waals surface area (Å²) in [7, 11) is 3.96. The van der Waals surface area contributed by atoms with Crippen molar-refractivity contribution in [1.29, 1.82) is 0 Å². The molecule has 1 amide bonds. The largest absolute Gasteiger partial charge is 0.737 e. The number of thioether (sulfide) groups is 2. The van der Waals surface area contributed by atoms with E-state index in [1.54, 1.807) is 42.6 Å². The van der Waals surface area contributed by atoms with E-state index >= 15 is 8.63 Å². The number of halogens is 2. The summed E-state index contributed by atoms with van der Waals surface area (Å²) < 4.78 is 41.8. The van der Waals surface area contributed by atoms with E-state index in [4.69, 9.17) is 4.74 Å². The number of carbonyl (C=O) groups excluding carboxylic acids is 3. The second-order valence-electron chi connectivity index (χ2n) is 17.6. The van der Waals surface area contributed by atoms with Crippen LogP contribution in [0.5, 0.6) is 0 Å². The molecule has 4 aliphatic heterocycles. The quantitative estimate of drug-likeness (QED) is 0.0338. The molecule has 1 saturated heterocycles. The number of allylic oxidation sites excluding steroid dienone is 2. The van der Waals surface area contributed by atoms with Gasteiger partial charge in [0.1, 0.15) is 17.2 Å². The number of anilines is 1. The van der Waals surface area contributed by atoms with Gasteiger partial charge in [0, 0.05) is 78.6 Å². The first kappa shape index (κ1) is 45.7. The highest BCUT2D eigenvalue weighted by molar-refractivity contribution is 8.01. The number of hydrogen-bond acceptors (Lipinski definition) is 9. The lowest BCUT2D eigenvalue weighted by atomic mass is 9.88. The Labute approximate surface area is 407 Å². The molecule has 1 fully saturated rings. The van der Waals surface area contributed by atoms with Crippen LogP contribution in [0.4, 0.5) is 25.7 Å². The lowest BCUT2D eigenvalue weighted by Gasteiger charge is -2.50. The number of H-pyrrole nitrogens is 1. The molecule has 0 bridgehead atoms. The van der Waals surface area contributed by atoms with E-state index < -0.39 is 30.3 Å². The molecule has 348 valence electrons. The molecule has 2 unspecified atom stereocenters. The fraction of sp³-hybridized carbons (Fsp3) is 0.208. The number of hydrogen-bond donors (Lipinski definition) is 1. The number of Topliss-reactive ketones (excluding diaryl/α,β-unsaturated/α-hetero) is 1. The lowest BCUT2D eigenvalue weighted by Crippen LogP contribution is -2.62. The first-order valence-corrected chi connectivity index (χ1v) is 24.8. The van der Waals surface area contributed by atoms with Crippen LogP contribution in [-0.2, 0) is 25.5 Å². The Balaban J connectivity index is 0.855. The second-order valence-corrected chi connectivity index (χ2v) is 19.8. The molecule has 69 heavy (non-hydrogen) atoms. The van der Waals surface area contributed by atoms with Crippen LogP contribution in [-0.4, -0.2) is 80.2 Å². The number of nitrogens with zero attached hydrogens (tertiary/aromatic N) is 6. The highest BCUT2D eigenvalue weighted by atomic mass is 32.2. The molecule has 2 aromatic heterocycles. The van der Waals surface area contributed by atoms with E-state index in [1.165, 1.54) is 28.4 Å². The van der Waals surface area contributed by atoms with Gasteiger partial charge in [0.25, 0.3) is 0 Å². The summed E-state index contributed by atoms with van der Waals surface area (Å²) in [4.78, 5) is 50.2. The predicted octanol–water partition coefficient (Wildman–Crippen LogP) is 11.1. The summed E-state index contributed by atoms with van der Waals surface area (Å²) in [6, 6.07) is 41.3. The zero-order valence-corrected chi connectivity index (χ0v) is 39.8. The summed E-state index contributed by atoms with van der Waals surface area (Å²) in [6.07, 6.45) is 4.47. The van der Waals surface area contributed by atoms with Gasteiger partial charge >= 0.3 is 12.9 Å². The summed E-state index contributed by atoms with van der Waals surface area (Å²) in [6.45, 7) is -2.47. The molecule has 10 rings (SSSR count). The summed E-state index contributed by atoms with van der Waals surface area (Å²) >= 11 is 3.05. The molecule has 6 heterocycles. The van der Waals surface area contributed by atoms with Gasteiger partial charge in [0.2, 0.25) is 5.91 Å². The fourth-order valence-corrected chi connectivity index (χ4v) is 11.8. The monoisotopic (exact) mass is 959 g/mol. The third-order valence-electron chi connectivity index (χ3n) is 12.9. The van der Waals surface area contributed by atoms with Crippen LogP contribution in [0.1, 0.15) is 54.1 Å². The molecule has 0 radical (unpaired) electrons. The normalized spacial score (nSPS) is 18.2. The van der Waals surface area contributed by atoms with Gasteiger partial charge < -0.3 is 32.2 Å². The summed E-state index contributed by atoms with van der Waals surface area (Å²) in [5.41, 5.74) is 7.87. The summed E-state index contributed by atoms with van der Waals surface area (Å²) in [5.74, 6) is -1.02. The number of aromatic amines is 1. The fourth-order valence-electron chi connectivity index (χ4n) is 9.34. The van der Waals surface area contributed by atoms with Gasteiger partial charge in [-0.05, 0) is 109 Å². The number of benzene rings is 4. The first-order valence-electron chi connectivity index (χ1n) is 22.8. The van der Waals surface area contributed by atoms with Crippen molar-refractivity contribution >= 4 is 77.0 Å². The van der Waals surface area contributed by atoms with Gasteiger partial charge in [0.05, 0.1) is 22.7 Å². The third-order valence-corrected chi connectivity index (χ3v) is 15.4. The van der Waals surface area contributed by atoms with E-state index in [-0.39, 0.29) is 36.6 Å². The van der Waals surface area contributed by atoms with Gasteiger partial charge in [-0.1, -0.05) is 60.7 Å². The van der Waals surface area contributed by atoms with Crippen LogP contribution in [0, 0.1) is 5.92 Å².